The van der Waals surface area contributed by atoms with Gasteiger partial charge in [-0.05, 0) is 18.4 Å². The number of hydrogen-bond acceptors (Lipinski definition) is 1. The van der Waals surface area contributed by atoms with E-state index in [1.807, 2.05) is 30.4 Å². The van der Waals surface area contributed by atoms with Crippen LogP contribution >= 0.6 is 0 Å². The molecule has 3 heteroatoms. The van der Waals surface area contributed by atoms with Gasteiger partial charge in [0, 0.05) is 0 Å². The SMILES string of the molecule is O=S(O)CCC=CCc1ccccc1. The minimum atomic E-state index is -1.66. The minimum absolute atomic E-state index is 0.325. The van der Waals surface area contributed by atoms with Gasteiger partial charge >= 0.3 is 0 Å². The monoisotopic (exact) mass is 210 g/mol. The van der Waals surface area contributed by atoms with Gasteiger partial charge in [0.25, 0.3) is 0 Å². The lowest BCUT2D eigenvalue weighted by molar-refractivity contribution is 0.564. The standard InChI is InChI=1S/C11H14O2S/c12-14(13)10-6-2-5-9-11-7-3-1-4-8-11/h1-5,7-8H,6,9-10H2,(H,12,13). The molecule has 14 heavy (non-hydrogen) atoms. The molecule has 1 aromatic rings. The van der Waals surface area contributed by atoms with Gasteiger partial charge in [-0.3, -0.25) is 0 Å². The van der Waals surface area contributed by atoms with Crippen molar-refractivity contribution in [2.45, 2.75) is 12.8 Å². The largest absolute Gasteiger partial charge is 0.306 e. The average Bonchev–Trinajstić information content (AvgIpc) is 2.18. The molecule has 1 rings (SSSR count). The van der Waals surface area contributed by atoms with E-state index in [0.717, 1.165) is 6.42 Å². The van der Waals surface area contributed by atoms with Crippen molar-refractivity contribution in [2.75, 3.05) is 5.75 Å². The van der Waals surface area contributed by atoms with Crippen LogP contribution in [0.25, 0.3) is 0 Å². The number of benzene rings is 1. The normalized spacial score (nSPS) is 13.2. The van der Waals surface area contributed by atoms with E-state index in [4.69, 9.17) is 4.55 Å². The maximum absolute atomic E-state index is 10.3. The molecule has 0 saturated carbocycles. The second-order valence-electron chi connectivity index (χ2n) is 2.98. The van der Waals surface area contributed by atoms with Gasteiger partial charge in [-0.25, -0.2) is 4.21 Å². The molecule has 76 valence electrons. The van der Waals surface area contributed by atoms with Gasteiger partial charge in [-0.15, -0.1) is 0 Å². The molecule has 0 aliphatic carbocycles. The van der Waals surface area contributed by atoms with Gasteiger partial charge in [0.15, 0.2) is 11.1 Å². The molecule has 1 N–H and O–H groups in total. The molecule has 0 amide bonds. The van der Waals surface area contributed by atoms with Gasteiger partial charge in [0.05, 0.1) is 5.75 Å². The summed E-state index contributed by atoms with van der Waals surface area (Å²) in [5, 5.41) is 0. The maximum Gasteiger partial charge on any atom is 0.153 e. The van der Waals surface area contributed by atoms with Gasteiger partial charge in [0.1, 0.15) is 0 Å². The van der Waals surface area contributed by atoms with Crippen LogP contribution in [0.4, 0.5) is 0 Å². The molecule has 0 radical (unpaired) electrons. The van der Waals surface area contributed by atoms with Gasteiger partial charge in [-0.2, -0.15) is 0 Å². The summed E-state index contributed by atoms with van der Waals surface area (Å²) in [6.07, 6.45) is 5.53. The molecule has 0 aromatic heterocycles. The predicted molar refractivity (Wildman–Crippen MR) is 59.5 cm³/mol. The van der Waals surface area contributed by atoms with Crippen molar-refractivity contribution in [1.29, 1.82) is 0 Å². The summed E-state index contributed by atoms with van der Waals surface area (Å²) in [5.74, 6) is 0.325. The Bertz CT molecular complexity index is 306. The Kier molecular flexibility index (Phi) is 5.19. The van der Waals surface area contributed by atoms with Crippen LogP contribution in [0, 0.1) is 0 Å². The topological polar surface area (TPSA) is 37.3 Å². The first-order valence-corrected chi connectivity index (χ1v) is 5.83. The van der Waals surface area contributed by atoms with Gasteiger partial charge in [-0.1, -0.05) is 42.5 Å². The van der Waals surface area contributed by atoms with Crippen LogP contribution in [-0.2, 0) is 17.5 Å². The highest BCUT2D eigenvalue weighted by Crippen LogP contribution is 2.00. The highest BCUT2D eigenvalue weighted by atomic mass is 32.2. The zero-order valence-electron chi connectivity index (χ0n) is 7.93. The van der Waals surface area contributed by atoms with E-state index >= 15 is 0 Å². The van der Waals surface area contributed by atoms with Crippen molar-refractivity contribution in [3.05, 3.63) is 48.0 Å². The third-order valence-electron chi connectivity index (χ3n) is 1.82. The summed E-state index contributed by atoms with van der Waals surface area (Å²) in [6.45, 7) is 0. The molecule has 0 aliphatic heterocycles. The molecule has 1 aromatic carbocycles. The van der Waals surface area contributed by atoms with Crippen LogP contribution in [0.1, 0.15) is 12.0 Å². The van der Waals surface area contributed by atoms with E-state index in [2.05, 4.69) is 12.1 Å². The molecule has 0 saturated heterocycles. The fourth-order valence-corrected chi connectivity index (χ4v) is 1.46. The van der Waals surface area contributed by atoms with E-state index in [0.29, 0.717) is 12.2 Å². The second-order valence-corrected chi connectivity index (χ2v) is 4.03. The molecular formula is C11H14O2S. The molecule has 0 aliphatic rings. The van der Waals surface area contributed by atoms with Crippen molar-refractivity contribution in [1.82, 2.24) is 0 Å². The summed E-state index contributed by atoms with van der Waals surface area (Å²) >= 11 is -1.66. The van der Waals surface area contributed by atoms with Crippen LogP contribution in [0.5, 0.6) is 0 Å². The lowest BCUT2D eigenvalue weighted by Gasteiger charge is -1.93. The minimum Gasteiger partial charge on any atom is -0.306 e. The Balaban J connectivity index is 2.24. The summed E-state index contributed by atoms with van der Waals surface area (Å²) in [6, 6.07) is 10.1. The highest BCUT2D eigenvalue weighted by molar-refractivity contribution is 7.79. The smallest absolute Gasteiger partial charge is 0.153 e. The maximum atomic E-state index is 10.3. The first-order valence-electron chi connectivity index (χ1n) is 4.55. The summed E-state index contributed by atoms with van der Waals surface area (Å²) < 4.78 is 18.8. The first-order chi connectivity index (χ1) is 6.79. The Morgan fingerprint density at radius 3 is 2.57 bits per heavy atom. The van der Waals surface area contributed by atoms with E-state index in [9.17, 15) is 4.21 Å². The van der Waals surface area contributed by atoms with Crippen molar-refractivity contribution in [2.24, 2.45) is 0 Å². The van der Waals surface area contributed by atoms with E-state index < -0.39 is 11.1 Å². The van der Waals surface area contributed by atoms with Crippen molar-refractivity contribution in [3.8, 4) is 0 Å². The summed E-state index contributed by atoms with van der Waals surface area (Å²) in [5.41, 5.74) is 1.26. The summed E-state index contributed by atoms with van der Waals surface area (Å²) in [7, 11) is 0. The fourth-order valence-electron chi connectivity index (χ4n) is 1.12. The zero-order valence-corrected chi connectivity index (χ0v) is 8.74. The number of hydrogen-bond donors (Lipinski definition) is 1. The second kappa shape index (κ2) is 6.51. The molecule has 2 nitrogen and oxygen atoms in total. The van der Waals surface area contributed by atoms with E-state index in [1.54, 1.807) is 0 Å². The van der Waals surface area contributed by atoms with Gasteiger partial charge in [0.2, 0.25) is 0 Å². The van der Waals surface area contributed by atoms with Crippen molar-refractivity contribution >= 4 is 11.1 Å². The molecule has 0 heterocycles. The fraction of sp³-hybridized carbons (Fsp3) is 0.273. The quantitative estimate of drug-likeness (QED) is 0.598. The summed E-state index contributed by atoms with van der Waals surface area (Å²) in [4.78, 5) is 0. The van der Waals surface area contributed by atoms with Crippen molar-refractivity contribution in [3.63, 3.8) is 0 Å². The number of rotatable bonds is 5. The zero-order chi connectivity index (χ0) is 10.2. The molecule has 1 unspecified atom stereocenters. The lowest BCUT2D eigenvalue weighted by Crippen LogP contribution is -1.91. The van der Waals surface area contributed by atoms with Crippen molar-refractivity contribution < 1.29 is 8.76 Å². The third-order valence-corrected chi connectivity index (χ3v) is 2.41. The van der Waals surface area contributed by atoms with Crippen LogP contribution in [-0.4, -0.2) is 14.5 Å². The number of allylic oxidation sites excluding steroid dienone is 2. The Labute approximate surface area is 86.9 Å². The van der Waals surface area contributed by atoms with Crippen LogP contribution in [0.2, 0.25) is 0 Å². The third kappa shape index (κ3) is 4.94. The molecule has 1 atom stereocenters. The van der Waals surface area contributed by atoms with E-state index in [1.165, 1.54) is 5.56 Å². The molecule has 0 spiro atoms. The van der Waals surface area contributed by atoms with E-state index in [-0.39, 0.29) is 0 Å². The Hall–Kier alpha value is -0.930. The molecule has 0 fully saturated rings. The molecular weight excluding hydrogens is 196 g/mol. The van der Waals surface area contributed by atoms with Crippen LogP contribution in [0.3, 0.4) is 0 Å². The van der Waals surface area contributed by atoms with Crippen LogP contribution < -0.4 is 0 Å². The first kappa shape index (κ1) is 11.1. The Morgan fingerprint density at radius 1 is 1.21 bits per heavy atom. The average molecular weight is 210 g/mol. The Morgan fingerprint density at radius 2 is 1.93 bits per heavy atom. The highest BCUT2D eigenvalue weighted by Gasteiger charge is 1.89. The van der Waals surface area contributed by atoms with Crippen LogP contribution in [0.15, 0.2) is 42.5 Å². The van der Waals surface area contributed by atoms with Gasteiger partial charge < -0.3 is 4.55 Å². The lowest BCUT2D eigenvalue weighted by atomic mass is 10.1. The molecule has 0 bridgehead atoms. The predicted octanol–water partition coefficient (Wildman–Crippen LogP) is 2.40.